The van der Waals surface area contributed by atoms with Gasteiger partial charge in [0.1, 0.15) is 34.6 Å². The summed E-state index contributed by atoms with van der Waals surface area (Å²) >= 11 is 6.68. The molecule has 4 unspecified atom stereocenters. The molecule has 2 aliphatic heterocycles. The number of allylic oxidation sites excluding steroid dienone is 4. The van der Waals surface area contributed by atoms with Crippen LogP contribution < -0.4 is 15.4 Å². The Bertz CT molecular complexity index is 1310. The lowest BCUT2D eigenvalue weighted by atomic mass is 9.88. The summed E-state index contributed by atoms with van der Waals surface area (Å²) < 4.78 is 23.1. The molecule has 2 heterocycles. The van der Waals surface area contributed by atoms with Crippen molar-refractivity contribution >= 4 is 50.2 Å². The van der Waals surface area contributed by atoms with Gasteiger partial charge in [-0.15, -0.1) is 8.58 Å². The summed E-state index contributed by atoms with van der Waals surface area (Å²) in [5, 5.41) is 0.266. The Morgan fingerprint density at radius 3 is 2.66 bits per heavy atom. The Labute approximate surface area is 265 Å². The van der Waals surface area contributed by atoms with Gasteiger partial charge < -0.3 is 34.5 Å². The number of amides is 3. The third kappa shape index (κ3) is 8.52. The van der Waals surface area contributed by atoms with E-state index in [9.17, 15) is 19.2 Å². The average Bonchev–Trinajstić information content (AvgIpc) is 3.68. The molecule has 1 saturated heterocycles. The highest BCUT2D eigenvalue weighted by Crippen LogP contribution is 2.48. The van der Waals surface area contributed by atoms with Gasteiger partial charge in [-0.2, -0.15) is 0 Å². The number of hydrogen-bond donors (Lipinski definition) is 1. The molecule has 0 aromatic heterocycles. The summed E-state index contributed by atoms with van der Waals surface area (Å²) in [4.78, 5) is 52.7. The fourth-order valence-electron chi connectivity index (χ4n) is 5.22. The van der Waals surface area contributed by atoms with Gasteiger partial charge in [0.25, 0.3) is 0 Å². The zero-order chi connectivity index (χ0) is 32.8. The van der Waals surface area contributed by atoms with Gasteiger partial charge in [0.05, 0.1) is 25.3 Å². The number of nitrogens with two attached hydrogens (primary N) is 1. The molecular formula is C31H43ClN3O8P. The fraction of sp³-hybridized carbons (Fsp3) is 0.548. The van der Waals surface area contributed by atoms with E-state index in [1.807, 2.05) is 38.1 Å². The van der Waals surface area contributed by atoms with Crippen molar-refractivity contribution in [1.29, 1.82) is 0 Å². The van der Waals surface area contributed by atoms with Gasteiger partial charge in [-0.05, 0) is 51.1 Å². The average molecular weight is 652 g/mol. The lowest BCUT2D eigenvalue weighted by Crippen LogP contribution is -2.45. The summed E-state index contributed by atoms with van der Waals surface area (Å²) in [6.45, 7) is 7.18. The second kappa shape index (κ2) is 15.2. The number of anilines is 1. The highest BCUT2D eigenvalue weighted by Gasteiger charge is 2.63. The van der Waals surface area contributed by atoms with Crippen LogP contribution >= 0.6 is 20.2 Å². The predicted molar refractivity (Wildman–Crippen MR) is 171 cm³/mol. The lowest BCUT2D eigenvalue weighted by Gasteiger charge is -2.29. The lowest BCUT2D eigenvalue weighted by molar-refractivity contribution is -0.160. The molecule has 0 radical (unpaired) electrons. The molecule has 1 aromatic rings. The van der Waals surface area contributed by atoms with Gasteiger partial charge in [-0.1, -0.05) is 42.3 Å². The number of primary amides is 1. The number of benzene rings is 1. The molecule has 7 atom stereocenters. The third-order valence-electron chi connectivity index (χ3n) is 8.24. The first-order valence-electron chi connectivity index (χ1n) is 14.4. The van der Waals surface area contributed by atoms with Crippen LogP contribution in [0.4, 0.5) is 10.5 Å². The van der Waals surface area contributed by atoms with Gasteiger partial charge >= 0.3 is 12.1 Å². The van der Waals surface area contributed by atoms with Gasteiger partial charge in [-0.25, -0.2) is 9.59 Å². The normalized spacial score (nSPS) is 29.4. The molecule has 0 aliphatic carbocycles. The molecule has 3 amide bonds. The van der Waals surface area contributed by atoms with Gasteiger partial charge in [0, 0.05) is 26.2 Å². The third-order valence-corrected chi connectivity index (χ3v) is 9.83. The quantitative estimate of drug-likeness (QED) is 0.210. The highest BCUT2D eigenvalue weighted by atomic mass is 35.5. The minimum atomic E-state index is -1.08. The molecule has 1 fully saturated rings. The predicted octanol–water partition coefficient (Wildman–Crippen LogP) is 4.08. The molecular weight excluding hydrogens is 609 g/mol. The van der Waals surface area contributed by atoms with Crippen LogP contribution in [0.15, 0.2) is 35.9 Å². The van der Waals surface area contributed by atoms with Crippen molar-refractivity contribution < 1.29 is 38.1 Å². The molecule has 3 rings (SSSR count). The van der Waals surface area contributed by atoms with E-state index in [0.717, 1.165) is 17.3 Å². The van der Waals surface area contributed by atoms with Crippen molar-refractivity contribution in [3.8, 4) is 5.75 Å². The van der Waals surface area contributed by atoms with Crippen LogP contribution in [-0.4, -0.2) is 92.8 Å². The van der Waals surface area contributed by atoms with Crippen LogP contribution in [0.3, 0.4) is 0 Å². The number of epoxide rings is 1. The van der Waals surface area contributed by atoms with E-state index < -0.39 is 42.0 Å². The smallest absolute Gasteiger partial charge is 0.404 e. The second-order valence-electron chi connectivity index (χ2n) is 11.5. The topological polar surface area (TPSA) is 141 Å². The maximum atomic E-state index is 13.8. The summed E-state index contributed by atoms with van der Waals surface area (Å²) in [6.07, 6.45) is 5.32. The van der Waals surface area contributed by atoms with E-state index in [-0.39, 0.29) is 23.3 Å². The maximum Gasteiger partial charge on any atom is 0.404 e. The molecule has 2 bridgehead atoms. The zero-order valence-corrected chi connectivity index (χ0v) is 28.1. The molecule has 242 valence electrons. The SMILES string of the molecule is COc1cc2cc(c1Cl)N(C)C(=O)C[C@H](OC(=O)C(C)N(C)C=O)[C@@]1(C)OC1[C@H](C)C(OC(N)=O)CPC/C=C/C=C(\C)C2. The van der Waals surface area contributed by atoms with E-state index in [4.69, 9.17) is 36.3 Å². The molecule has 11 nitrogen and oxygen atoms in total. The maximum absolute atomic E-state index is 13.8. The van der Waals surface area contributed by atoms with Crippen molar-refractivity contribution in [1.82, 2.24) is 4.90 Å². The number of carbonyl (C=O) groups excluding carboxylic acids is 4. The van der Waals surface area contributed by atoms with E-state index >= 15 is 0 Å². The number of esters is 1. The number of carbonyl (C=O) groups is 4. The number of hydrogen-bond acceptors (Lipinski definition) is 8. The number of likely N-dealkylation sites (N-methyl/N-ethyl adjacent to an activating group) is 1. The van der Waals surface area contributed by atoms with E-state index in [1.54, 1.807) is 14.0 Å². The summed E-state index contributed by atoms with van der Waals surface area (Å²) in [6, 6.07) is 2.78. The van der Waals surface area contributed by atoms with Gasteiger partial charge in [-0.3, -0.25) is 9.59 Å². The van der Waals surface area contributed by atoms with Crippen molar-refractivity contribution in [3.63, 3.8) is 0 Å². The molecule has 1 aromatic carbocycles. The molecule has 0 saturated carbocycles. The van der Waals surface area contributed by atoms with Crippen molar-refractivity contribution in [2.45, 2.75) is 70.5 Å². The Morgan fingerprint density at radius 1 is 1.32 bits per heavy atom. The molecule has 0 spiro atoms. The minimum Gasteiger partial charge on any atom is -0.495 e. The highest BCUT2D eigenvalue weighted by molar-refractivity contribution is 7.38. The molecule has 13 heteroatoms. The summed E-state index contributed by atoms with van der Waals surface area (Å²) in [5.74, 6) is -0.978. The number of nitrogens with zero attached hydrogens (tertiary/aromatic N) is 2. The first kappa shape index (κ1) is 35.3. The number of ether oxygens (including phenoxy) is 4. The van der Waals surface area contributed by atoms with E-state index in [1.165, 1.54) is 30.9 Å². The zero-order valence-electron chi connectivity index (χ0n) is 26.3. The van der Waals surface area contributed by atoms with Crippen LogP contribution in [0.5, 0.6) is 5.75 Å². The Morgan fingerprint density at radius 2 is 2.02 bits per heavy atom. The monoisotopic (exact) mass is 651 g/mol. The number of halogens is 1. The first-order valence-corrected chi connectivity index (χ1v) is 16.2. The Kier molecular flexibility index (Phi) is 12.2. The van der Waals surface area contributed by atoms with Crippen LogP contribution in [0.2, 0.25) is 5.02 Å². The summed E-state index contributed by atoms with van der Waals surface area (Å²) in [5.41, 5.74) is 6.75. The fourth-order valence-corrected chi connectivity index (χ4v) is 6.74. The first-order chi connectivity index (χ1) is 20.7. The minimum absolute atomic E-state index is 0.242. The largest absolute Gasteiger partial charge is 0.495 e. The van der Waals surface area contributed by atoms with Crippen molar-refractivity contribution in [2.75, 3.05) is 38.4 Å². The number of rotatable bonds is 6. The van der Waals surface area contributed by atoms with Gasteiger partial charge in [0.15, 0.2) is 0 Å². The molecule has 2 N–H and O–H groups in total. The van der Waals surface area contributed by atoms with Crippen LogP contribution in [0.25, 0.3) is 0 Å². The number of fused-ring (bicyclic) bond motifs is 3. The van der Waals surface area contributed by atoms with Crippen LogP contribution in [0, 0.1) is 5.92 Å². The summed E-state index contributed by atoms with van der Waals surface area (Å²) in [7, 11) is 5.02. The molecule has 2 aliphatic rings. The Balaban J connectivity index is 2.05. The van der Waals surface area contributed by atoms with Crippen molar-refractivity contribution in [3.05, 3.63) is 46.5 Å². The van der Waals surface area contributed by atoms with Gasteiger partial charge in [0.2, 0.25) is 12.3 Å². The standard InChI is InChI=1S/C31H43ClN3O8P/c1-18-10-8-9-11-44-16-24(41-30(33)39)19(2)28-31(4,43-28)25(42-29(38)20(3)34(5)17-36)15-26(37)35(6)22-13-21(12-18)14-23(40-7)27(22)32/h8-10,13-14,17,19-20,24-25,28,44H,11-12,15-16H2,1-7H3,(H2,33,39)/b9-8+,18-10+/t19-,20?,24?,25+,28?,31-/m1/s1. The Hall–Kier alpha value is -3.14. The van der Waals surface area contributed by atoms with Crippen molar-refractivity contribution in [2.24, 2.45) is 11.7 Å². The number of methoxy groups -OCH3 is 1. The van der Waals surface area contributed by atoms with Crippen LogP contribution in [0.1, 0.15) is 39.7 Å². The van der Waals surface area contributed by atoms with E-state index in [0.29, 0.717) is 39.0 Å². The molecule has 44 heavy (non-hydrogen) atoms. The second-order valence-corrected chi connectivity index (χ2v) is 13.2. The van der Waals surface area contributed by atoms with E-state index in [2.05, 4.69) is 6.08 Å². The van der Waals surface area contributed by atoms with Crippen LogP contribution in [-0.2, 0) is 35.0 Å².